The Labute approximate surface area is 285 Å². The molecule has 0 radical (unpaired) electrons. The molecule has 0 heterocycles. The molecule has 0 N–H and O–H groups in total. The molecule has 0 saturated carbocycles. The van der Waals surface area contributed by atoms with E-state index in [4.69, 9.17) is 19.1 Å². The van der Waals surface area contributed by atoms with E-state index in [0.717, 1.165) is 11.1 Å². The fraction of sp³-hybridized carbons (Fsp3) is 0.641. The van der Waals surface area contributed by atoms with E-state index in [9.17, 15) is 9.59 Å². The Kier molecular flexibility index (Phi) is 14.2. The Balaban J connectivity index is 2.03. The molecule has 47 heavy (non-hydrogen) atoms. The van der Waals surface area contributed by atoms with Crippen molar-refractivity contribution in [3.05, 3.63) is 71.8 Å². The number of carbonyl (C=O) groups excluding carboxylic acids is 2. The van der Waals surface area contributed by atoms with Gasteiger partial charge in [-0.3, -0.25) is 19.3 Å². The van der Waals surface area contributed by atoms with Crippen molar-refractivity contribution in [2.75, 3.05) is 20.0 Å². The van der Waals surface area contributed by atoms with Gasteiger partial charge in [0, 0.05) is 11.1 Å². The van der Waals surface area contributed by atoms with Crippen LogP contribution in [0.15, 0.2) is 60.7 Å². The van der Waals surface area contributed by atoms with Crippen LogP contribution in [0, 0.1) is 22.7 Å². The lowest BCUT2D eigenvalue weighted by Gasteiger charge is -2.43. The highest BCUT2D eigenvalue weighted by Crippen LogP contribution is 2.37. The van der Waals surface area contributed by atoms with Crippen molar-refractivity contribution in [3.8, 4) is 0 Å². The predicted octanol–water partition coefficient (Wildman–Crippen LogP) is 8.94. The molecule has 2 aromatic rings. The number of nitrogens with zero attached hydrogens (tertiary/aromatic N) is 2. The van der Waals surface area contributed by atoms with E-state index in [0.29, 0.717) is 0 Å². The molecule has 0 aliphatic rings. The lowest BCUT2D eigenvalue weighted by molar-refractivity contribution is -0.262. The molecule has 2 aromatic carbocycles. The van der Waals surface area contributed by atoms with Gasteiger partial charge >= 0.3 is 11.9 Å². The summed E-state index contributed by atoms with van der Waals surface area (Å²) < 4.78 is 10.9. The second-order valence-electron chi connectivity index (χ2n) is 16.5. The first-order chi connectivity index (χ1) is 21.6. The summed E-state index contributed by atoms with van der Waals surface area (Å²) in [5, 5.41) is 3.96. The van der Waals surface area contributed by atoms with Crippen molar-refractivity contribution in [2.24, 2.45) is 22.7 Å². The number of hydrogen-bond donors (Lipinski definition) is 0. The Morgan fingerprint density at radius 3 is 1.11 bits per heavy atom. The van der Waals surface area contributed by atoms with Crippen molar-refractivity contribution in [2.45, 2.75) is 120 Å². The van der Waals surface area contributed by atoms with Gasteiger partial charge in [0.1, 0.15) is 0 Å². The minimum absolute atomic E-state index is 0.0221. The highest BCUT2D eigenvalue weighted by atomic mass is 16.7. The van der Waals surface area contributed by atoms with Crippen LogP contribution >= 0.6 is 0 Å². The SMILES string of the molecule is CC(C)C(c1ccccc1)N(OCC(C)(C)C(=O)OCOC(=O)C(C)(C)CON(C(c1ccccc1)C(C)C)C(C)(C)C)C(C)(C)C. The van der Waals surface area contributed by atoms with Crippen LogP contribution in [0.25, 0.3) is 0 Å². The largest absolute Gasteiger partial charge is 0.427 e. The standard InChI is InChI=1S/C39H62N2O6/c1-28(2)32(30-21-17-15-18-22-30)40(36(5,6)7)46-25-38(11,12)34(42)44-27-45-35(43)39(13,14)26-47-41(37(8,9)10)33(29(3)4)31-23-19-16-20-24-31/h15-24,28-29,32-33H,25-27H2,1-14H3. The van der Waals surface area contributed by atoms with E-state index < -0.39 is 29.6 Å². The van der Waals surface area contributed by atoms with Crippen LogP contribution in [-0.2, 0) is 28.7 Å². The molecule has 8 nitrogen and oxygen atoms in total. The average Bonchev–Trinajstić information content (AvgIpc) is 2.96. The zero-order valence-corrected chi connectivity index (χ0v) is 31.5. The van der Waals surface area contributed by atoms with Crippen LogP contribution in [0.3, 0.4) is 0 Å². The molecule has 0 saturated heterocycles. The topological polar surface area (TPSA) is 77.5 Å². The van der Waals surface area contributed by atoms with Gasteiger partial charge in [0.15, 0.2) is 0 Å². The number of hydroxylamine groups is 4. The molecule has 0 bridgehead atoms. The van der Waals surface area contributed by atoms with Crippen LogP contribution in [0.2, 0.25) is 0 Å². The monoisotopic (exact) mass is 654 g/mol. The van der Waals surface area contributed by atoms with Gasteiger partial charge in [-0.2, -0.15) is 10.1 Å². The Bertz CT molecular complexity index is 1150. The number of carbonyl (C=O) groups is 2. The van der Waals surface area contributed by atoms with Crippen LogP contribution in [0.5, 0.6) is 0 Å². The molecule has 0 spiro atoms. The van der Waals surface area contributed by atoms with E-state index in [-0.39, 0.29) is 48.2 Å². The van der Waals surface area contributed by atoms with Crippen molar-refractivity contribution >= 4 is 11.9 Å². The van der Waals surface area contributed by atoms with Gasteiger partial charge in [-0.15, -0.1) is 0 Å². The maximum Gasteiger partial charge on any atom is 0.316 e. The van der Waals surface area contributed by atoms with E-state index in [2.05, 4.69) is 93.5 Å². The highest BCUT2D eigenvalue weighted by molar-refractivity contribution is 5.77. The normalized spacial score (nSPS) is 14.5. The molecule has 2 atom stereocenters. The summed E-state index contributed by atoms with van der Waals surface area (Å²) in [7, 11) is 0. The number of rotatable bonds is 16. The first-order valence-corrected chi connectivity index (χ1v) is 16.9. The van der Waals surface area contributed by atoms with Crippen LogP contribution < -0.4 is 0 Å². The molecule has 8 heteroatoms. The van der Waals surface area contributed by atoms with Gasteiger partial charge in [0.05, 0.1) is 36.1 Å². The van der Waals surface area contributed by atoms with Gasteiger partial charge in [0.25, 0.3) is 0 Å². The second-order valence-corrected chi connectivity index (χ2v) is 16.5. The molecule has 0 aliphatic carbocycles. The third-order valence-electron chi connectivity index (χ3n) is 7.99. The summed E-state index contributed by atoms with van der Waals surface area (Å²) in [5.74, 6) is -0.529. The summed E-state index contributed by atoms with van der Waals surface area (Å²) in [4.78, 5) is 39.2. The summed E-state index contributed by atoms with van der Waals surface area (Å²) in [6, 6.07) is 20.4. The maximum atomic E-state index is 13.2. The molecule has 0 amide bonds. The van der Waals surface area contributed by atoms with Crippen LogP contribution in [0.4, 0.5) is 0 Å². The van der Waals surface area contributed by atoms with Crippen molar-refractivity contribution < 1.29 is 28.7 Å². The maximum absolute atomic E-state index is 13.2. The fourth-order valence-corrected chi connectivity index (χ4v) is 5.37. The third kappa shape index (κ3) is 11.7. The minimum Gasteiger partial charge on any atom is -0.427 e. The van der Waals surface area contributed by atoms with Gasteiger partial charge in [-0.1, -0.05) is 88.4 Å². The molecular weight excluding hydrogens is 592 g/mol. The molecule has 264 valence electrons. The summed E-state index contributed by atoms with van der Waals surface area (Å²) in [5.41, 5.74) is -0.394. The highest BCUT2D eigenvalue weighted by Gasteiger charge is 2.39. The molecule has 0 aliphatic heterocycles. The number of esters is 2. The Morgan fingerprint density at radius 1 is 0.553 bits per heavy atom. The van der Waals surface area contributed by atoms with E-state index in [1.54, 1.807) is 27.7 Å². The van der Waals surface area contributed by atoms with Gasteiger partial charge in [-0.05, 0) is 92.2 Å². The Hall–Kier alpha value is -2.78. The van der Waals surface area contributed by atoms with Crippen LogP contribution in [0.1, 0.15) is 120 Å². The summed E-state index contributed by atoms with van der Waals surface area (Å²) >= 11 is 0. The summed E-state index contributed by atoms with van der Waals surface area (Å²) in [6.07, 6.45) is 0. The molecule has 0 aromatic heterocycles. The Morgan fingerprint density at radius 2 is 0.851 bits per heavy atom. The lowest BCUT2D eigenvalue weighted by atomic mass is 9.92. The second kappa shape index (κ2) is 16.6. The van der Waals surface area contributed by atoms with Crippen molar-refractivity contribution in [1.29, 1.82) is 0 Å². The van der Waals surface area contributed by atoms with Gasteiger partial charge in [0.2, 0.25) is 6.79 Å². The van der Waals surface area contributed by atoms with Gasteiger partial charge in [-0.25, -0.2) is 0 Å². The molecule has 2 unspecified atom stereocenters. The van der Waals surface area contributed by atoms with Gasteiger partial charge < -0.3 is 9.47 Å². The molecule has 2 rings (SSSR count). The fourth-order valence-electron chi connectivity index (χ4n) is 5.37. The lowest BCUT2D eigenvalue weighted by Crippen LogP contribution is -2.48. The first-order valence-electron chi connectivity index (χ1n) is 16.9. The zero-order chi connectivity index (χ0) is 35.8. The quantitative estimate of drug-likeness (QED) is 0.101. The van der Waals surface area contributed by atoms with Crippen molar-refractivity contribution in [1.82, 2.24) is 10.1 Å². The number of benzene rings is 2. The van der Waals surface area contributed by atoms with Crippen molar-refractivity contribution in [3.63, 3.8) is 0 Å². The van der Waals surface area contributed by atoms with E-state index >= 15 is 0 Å². The van der Waals surface area contributed by atoms with E-state index in [1.165, 1.54) is 0 Å². The number of ether oxygens (including phenoxy) is 2. The molecular formula is C39H62N2O6. The number of hydrogen-bond acceptors (Lipinski definition) is 8. The first kappa shape index (κ1) is 40.4. The minimum atomic E-state index is -0.997. The molecule has 0 fully saturated rings. The third-order valence-corrected chi connectivity index (χ3v) is 7.99. The van der Waals surface area contributed by atoms with Crippen LogP contribution in [-0.4, -0.2) is 53.1 Å². The smallest absolute Gasteiger partial charge is 0.316 e. The predicted molar refractivity (Wildman–Crippen MR) is 188 cm³/mol. The van der Waals surface area contributed by atoms with E-state index in [1.807, 2.05) is 46.5 Å². The summed E-state index contributed by atoms with van der Waals surface area (Å²) in [6.45, 7) is 27.9. The average molecular weight is 655 g/mol. The zero-order valence-electron chi connectivity index (χ0n) is 31.5.